The second-order valence-corrected chi connectivity index (χ2v) is 3.37. The number of aliphatic hydroxyl groups excluding tert-OH is 1. The maximum atomic E-state index is 7.57. The van der Waals surface area contributed by atoms with Crippen LogP contribution in [0.15, 0.2) is 11.3 Å². The molecule has 0 unspecified atom stereocenters. The quantitative estimate of drug-likeness (QED) is 0.524. The van der Waals surface area contributed by atoms with Crippen molar-refractivity contribution in [2.45, 2.75) is 27.7 Å². The highest BCUT2D eigenvalue weighted by molar-refractivity contribution is 6.20. The number of hydrogen-bond donors (Lipinski definition) is 1. The zero-order valence-corrected chi connectivity index (χ0v) is 13.0. The van der Waals surface area contributed by atoms with Crippen LogP contribution >= 0.6 is 0 Å². The maximum Gasteiger partial charge on any atom is 0.312 e. The number of ether oxygens (including phenoxy) is 3. The van der Waals surface area contributed by atoms with Gasteiger partial charge in [-0.25, -0.2) is 0 Å². The first-order chi connectivity index (χ1) is 7.17. The Kier molecular flexibility index (Phi) is 21.6. The smallest absolute Gasteiger partial charge is 0.312 e. The zero-order chi connectivity index (χ0) is 12.1. The van der Waals surface area contributed by atoms with Crippen molar-refractivity contribution in [1.82, 2.24) is 0 Å². The highest BCUT2D eigenvalue weighted by Crippen LogP contribution is 2.06. The van der Waals surface area contributed by atoms with E-state index in [9.17, 15) is 0 Å². The Morgan fingerprint density at radius 3 is 1.50 bits per heavy atom. The van der Waals surface area contributed by atoms with Gasteiger partial charge in [0.15, 0.2) is 0 Å². The van der Waals surface area contributed by atoms with Gasteiger partial charge in [0, 0.05) is 6.61 Å². The van der Waals surface area contributed by atoms with Crippen molar-refractivity contribution < 1.29 is 24.8 Å². The third-order valence-corrected chi connectivity index (χ3v) is 1.90. The van der Waals surface area contributed by atoms with E-state index in [2.05, 4.69) is 0 Å². The summed E-state index contributed by atoms with van der Waals surface area (Å²) in [4.78, 5) is 0. The van der Waals surface area contributed by atoms with Gasteiger partial charge >= 0.3 is 5.95 Å². The molecule has 0 rings (SSSR count). The molecule has 0 spiro atoms. The van der Waals surface area contributed by atoms with E-state index in [1.165, 1.54) is 0 Å². The fraction of sp³-hybridized carbons (Fsp3) is 0.800. The lowest BCUT2D eigenvalue weighted by Crippen LogP contribution is -2.05. The van der Waals surface area contributed by atoms with E-state index in [0.717, 1.165) is 15.6 Å². The van der Waals surface area contributed by atoms with Crippen molar-refractivity contribution in [3.8, 4) is 0 Å². The largest absolute Gasteiger partial charge is 0.497 e. The van der Waals surface area contributed by atoms with Crippen molar-refractivity contribution in [2.24, 2.45) is 0 Å². The third-order valence-electron chi connectivity index (χ3n) is 1.20. The van der Waals surface area contributed by atoms with Gasteiger partial charge in [-0.05, 0) is 27.7 Å². The summed E-state index contributed by atoms with van der Waals surface area (Å²) in [6.45, 7) is 9.65. The van der Waals surface area contributed by atoms with E-state index >= 15 is 0 Å². The van der Waals surface area contributed by atoms with E-state index < -0.39 is 0 Å². The predicted molar refractivity (Wildman–Crippen MR) is 68.2 cm³/mol. The van der Waals surface area contributed by atoms with Gasteiger partial charge in [0.2, 0.25) is 0 Å². The maximum absolute atomic E-state index is 7.57. The molecule has 0 aromatic rings. The molecule has 16 heavy (non-hydrogen) atoms. The lowest BCUT2D eigenvalue weighted by molar-refractivity contribution is 0.0288. The van der Waals surface area contributed by atoms with Crippen molar-refractivity contribution in [1.29, 1.82) is 0 Å². The molecule has 6 heteroatoms. The lowest BCUT2D eigenvalue weighted by Gasteiger charge is -2.12. The van der Waals surface area contributed by atoms with E-state index in [-0.39, 0.29) is 12.1 Å². The Balaban J connectivity index is -0.000000377. The molecule has 3 N–H and O–H groups in total. The normalized spacial score (nSPS) is 8.06. The standard InChI is InChI=1S/C8H18O3Si.C2H6O.H2O/c1-4-9-7(10-5-2)8(12)11-6-3;1-2-3;/h4-6H2,1-3,12H3;3H,2H2,1H3;1H2. The molecular formula is C10H26O5Si. The molecular weight excluding hydrogens is 228 g/mol. The van der Waals surface area contributed by atoms with Gasteiger partial charge in [0.25, 0.3) is 0 Å². The van der Waals surface area contributed by atoms with Crippen LogP contribution in [-0.2, 0) is 14.2 Å². The van der Waals surface area contributed by atoms with E-state index in [4.69, 9.17) is 19.3 Å². The van der Waals surface area contributed by atoms with E-state index in [1.807, 2.05) is 20.8 Å². The summed E-state index contributed by atoms with van der Waals surface area (Å²) < 4.78 is 15.8. The van der Waals surface area contributed by atoms with Gasteiger partial charge in [-0.1, -0.05) is 0 Å². The van der Waals surface area contributed by atoms with Crippen LogP contribution in [0.3, 0.4) is 0 Å². The van der Waals surface area contributed by atoms with Crippen LogP contribution in [0.2, 0.25) is 0 Å². The number of hydrogen-bond acceptors (Lipinski definition) is 4. The third kappa shape index (κ3) is 13.3. The highest BCUT2D eigenvalue weighted by atomic mass is 28.1. The minimum Gasteiger partial charge on any atom is -0.497 e. The van der Waals surface area contributed by atoms with Gasteiger partial charge in [0.05, 0.1) is 30.1 Å². The van der Waals surface area contributed by atoms with Gasteiger partial charge in [-0.15, -0.1) is 0 Å². The Morgan fingerprint density at radius 2 is 1.25 bits per heavy atom. The van der Waals surface area contributed by atoms with Crippen LogP contribution in [0.4, 0.5) is 0 Å². The lowest BCUT2D eigenvalue weighted by atomic mass is 10.8. The summed E-state index contributed by atoms with van der Waals surface area (Å²) in [5.74, 6) is 0.563. The summed E-state index contributed by atoms with van der Waals surface area (Å²) in [6.07, 6.45) is 0. The van der Waals surface area contributed by atoms with E-state index in [1.54, 1.807) is 6.92 Å². The SMILES string of the molecule is CCO.CCOC([SiH3])=C(OCC)OCC.O. The van der Waals surface area contributed by atoms with Gasteiger partial charge in [-0.3, -0.25) is 0 Å². The first-order valence-corrected chi connectivity index (χ1v) is 6.37. The topological polar surface area (TPSA) is 79.4 Å². The molecule has 100 valence electrons. The van der Waals surface area contributed by atoms with Gasteiger partial charge in [0.1, 0.15) is 5.38 Å². The molecule has 0 saturated heterocycles. The molecule has 0 aliphatic heterocycles. The Labute approximate surface area is 101 Å². The molecule has 0 bridgehead atoms. The van der Waals surface area contributed by atoms with E-state index in [0.29, 0.717) is 25.8 Å². The minimum absolute atomic E-state index is 0. The average molecular weight is 254 g/mol. The molecule has 0 heterocycles. The summed E-state index contributed by atoms with van der Waals surface area (Å²) in [7, 11) is 0.818. The van der Waals surface area contributed by atoms with Crippen LogP contribution in [0.5, 0.6) is 0 Å². The average Bonchev–Trinajstić information content (AvgIpc) is 2.19. The van der Waals surface area contributed by atoms with Crippen LogP contribution in [-0.4, -0.2) is 47.3 Å². The molecule has 0 aliphatic rings. The molecule has 5 nitrogen and oxygen atoms in total. The summed E-state index contributed by atoms with van der Waals surface area (Å²) >= 11 is 0. The van der Waals surface area contributed by atoms with Gasteiger partial charge < -0.3 is 24.8 Å². The molecule has 0 aromatic carbocycles. The summed E-state index contributed by atoms with van der Waals surface area (Å²) in [6, 6.07) is 0. The van der Waals surface area contributed by atoms with Crippen molar-refractivity contribution in [3.05, 3.63) is 11.3 Å². The fourth-order valence-electron chi connectivity index (χ4n) is 0.783. The molecule has 0 radical (unpaired) electrons. The first kappa shape index (κ1) is 20.7. The number of rotatable bonds is 6. The van der Waals surface area contributed by atoms with Gasteiger partial charge in [-0.2, -0.15) is 0 Å². The second-order valence-electron chi connectivity index (χ2n) is 2.46. The Hall–Kier alpha value is -0.723. The Morgan fingerprint density at radius 1 is 0.938 bits per heavy atom. The monoisotopic (exact) mass is 254 g/mol. The summed E-state index contributed by atoms with van der Waals surface area (Å²) in [5.41, 5.74) is 0. The van der Waals surface area contributed by atoms with Crippen molar-refractivity contribution in [3.63, 3.8) is 0 Å². The van der Waals surface area contributed by atoms with Crippen LogP contribution in [0.1, 0.15) is 27.7 Å². The molecule has 0 aliphatic carbocycles. The zero-order valence-electron chi connectivity index (χ0n) is 11.0. The minimum atomic E-state index is 0. The second kappa shape index (κ2) is 16.7. The highest BCUT2D eigenvalue weighted by Gasteiger charge is 2.03. The predicted octanol–water partition coefficient (Wildman–Crippen LogP) is -0.238. The Bertz CT molecular complexity index is 153. The summed E-state index contributed by atoms with van der Waals surface area (Å²) in [5, 5.41) is 8.42. The molecule has 0 saturated carbocycles. The van der Waals surface area contributed by atoms with Crippen LogP contribution in [0.25, 0.3) is 0 Å². The van der Waals surface area contributed by atoms with Crippen molar-refractivity contribution >= 4 is 10.2 Å². The first-order valence-electron chi connectivity index (χ1n) is 5.37. The molecule has 0 atom stereocenters. The number of aliphatic hydroxyl groups is 1. The van der Waals surface area contributed by atoms with Crippen LogP contribution < -0.4 is 0 Å². The van der Waals surface area contributed by atoms with Crippen molar-refractivity contribution in [2.75, 3.05) is 26.4 Å². The van der Waals surface area contributed by atoms with Crippen LogP contribution in [0, 0.1) is 0 Å². The molecule has 0 amide bonds. The molecule has 0 fully saturated rings. The fourth-order valence-corrected chi connectivity index (χ4v) is 1.36. The molecule has 0 aromatic heterocycles.